The zero-order valence-corrected chi connectivity index (χ0v) is 10.2. The van der Waals surface area contributed by atoms with Crippen LogP contribution < -0.4 is 16.4 Å². The second kappa shape index (κ2) is 5.34. The molecule has 0 bridgehead atoms. The third-order valence-corrected chi connectivity index (χ3v) is 2.53. The highest BCUT2D eigenvalue weighted by atomic mass is 19.1. The number of nitrogens with zero attached hydrogens (tertiary/aromatic N) is 1. The number of anilines is 1. The first-order valence-electron chi connectivity index (χ1n) is 5.55. The molecule has 1 aromatic heterocycles. The first-order valence-corrected chi connectivity index (χ1v) is 5.55. The highest BCUT2D eigenvalue weighted by molar-refractivity contribution is 5.94. The summed E-state index contributed by atoms with van der Waals surface area (Å²) >= 11 is 0. The second-order valence-electron chi connectivity index (χ2n) is 3.92. The molecular weight excluding hydrogens is 249 g/mol. The lowest BCUT2D eigenvalue weighted by molar-refractivity contribution is 0.0960. The fourth-order valence-corrected chi connectivity index (χ4v) is 1.50. The Kier molecular flexibility index (Phi) is 3.61. The van der Waals surface area contributed by atoms with Crippen molar-refractivity contribution in [3.63, 3.8) is 0 Å². The summed E-state index contributed by atoms with van der Waals surface area (Å²) in [7, 11) is 1.56. The van der Waals surface area contributed by atoms with Crippen molar-refractivity contribution in [1.82, 2.24) is 9.99 Å². The second-order valence-corrected chi connectivity index (χ2v) is 3.92. The lowest BCUT2D eigenvalue weighted by atomic mass is 10.2. The fourth-order valence-electron chi connectivity index (χ4n) is 1.50. The SMILES string of the molecule is Cn1cccc(C(=O)NNc2ccc(F)cc2)c1=O. The Bertz CT molecular complexity index is 650. The number of pyridine rings is 1. The van der Waals surface area contributed by atoms with Gasteiger partial charge in [0.15, 0.2) is 0 Å². The zero-order valence-electron chi connectivity index (χ0n) is 10.2. The summed E-state index contributed by atoms with van der Waals surface area (Å²) < 4.78 is 14.0. The van der Waals surface area contributed by atoms with Gasteiger partial charge in [-0.1, -0.05) is 0 Å². The molecule has 0 unspecified atom stereocenters. The van der Waals surface area contributed by atoms with Gasteiger partial charge in [-0.2, -0.15) is 0 Å². The van der Waals surface area contributed by atoms with Crippen LogP contribution in [0.15, 0.2) is 47.4 Å². The minimum Gasteiger partial charge on any atom is -0.318 e. The molecule has 19 heavy (non-hydrogen) atoms. The Morgan fingerprint density at radius 2 is 1.89 bits per heavy atom. The number of aromatic nitrogens is 1. The van der Waals surface area contributed by atoms with Crippen LogP contribution in [-0.4, -0.2) is 10.5 Å². The molecule has 0 saturated carbocycles. The zero-order chi connectivity index (χ0) is 13.8. The molecule has 0 aliphatic rings. The van der Waals surface area contributed by atoms with Gasteiger partial charge in [-0.3, -0.25) is 20.4 Å². The van der Waals surface area contributed by atoms with E-state index < -0.39 is 5.91 Å². The summed E-state index contributed by atoms with van der Waals surface area (Å²) in [4.78, 5) is 23.5. The molecule has 0 saturated heterocycles. The molecule has 2 N–H and O–H groups in total. The van der Waals surface area contributed by atoms with Crippen molar-refractivity contribution in [2.45, 2.75) is 0 Å². The van der Waals surface area contributed by atoms with Gasteiger partial charge in [-0.25, -0.2) is 4.39 Å². The van der Waals surface area contributed by atoms with Crippen molar-refractivity contribution < 1.29 is 9.18 Å². The molecule has 0 aliphatic heterocycles. The van der Waals surface area contributed by atoms with Crippen molar-refractivity contribution in [3.05, 3.63) is 64.3 Å². The molecule has 1 amide bonds. The number of carbonyl (C=O) groups is 1. The summed E-state index contributed by atoms with van der Waals surface area (Å²) in [6.07, 6.45) is 1.56. The summed E-state index contributed by atoms with van der Waals surface area (Å²) in [5.74, 6) is -0.917. The molecule has 1 heterocycles. The van der Waals surface area contributed by atoms with Gasteiger partial charge in [-0.15, -0.1) is 0 Å². The predicted molar refractivity (Wildman–Crippen MR) is 69.2 cm³/mol. The van der Waals surface area contributed by atoms with E-state index >= 15 is 0 Å². The van der Waals surface area contributed by atoms with E-state index in [1.165, 1.54) is 34.9 Å². The van der Waals surface area contributed by atoms with Crippen molar-refractivity contribution >= 4 is 11.6 Å². The number of nitrogens with one attached hydrogen (secondary N) is 2. The maximum Gasteiger partial charge on any atom is 0.275 e. The summed E-state index contributed by atoms with van der Waals surface area (Å²) in [6.45, 7) is 0. The maximum atomic E-state index is 12.7. The van der Waals surface area contributed by atoms with Gasteiger partial charge in [0, 0.05) is 13.2 Å². The molecule has 2 rings (SSSR count). The Morgan fingerprint density at radius 3 is 2.58 bits per heavy atom. The Labute approximate surface area is 108 Å². The largest absolute Gasteiger partial charge is 0.318 e. The van der Waals surface area contributed by atoms with E-state index in [1.54, 1.807) is 19.3 Å². The van der Waals surface area contributed by atoms with Gasteiger partial charge < -0.3 is 4.57 Å². The number of halogens is 1. The standard InChI is InChI=1S/C13H12FN3O2/c1-17-8-2-3-11(13(17)19)12(18)16-15-10-6-4-9(14)5-7-10/h2-8,15H,1H3,(H,16,18). The van der Waals surface area contributed by atoms with Gasteiger partial charge in [0.05, 0.1) is 5.69 Å². The van der Waals surface area contributed by atoms with Crippen molar-refractivity contribution in [3.8, 4) is 0 Å². The topological polar surface area (TPSA) is 63.1 Å². The van der Waals surface area contributed by atoms with E-state index in [0.29, 0.717) is 5.69 Å². The van der Waals surface area contributed by atoms with Gasteiger partial charge in [0.2, 0.25) is 0 Å². The summed E-state index contributed by atoms with van der Waals surface area (Å²) in [6, 6.07) is 8.50. The van der Waals surface area contributed by atoms with E-state index in [4.69, 9.17) is 0 Å². The van der Waals surface area contributed by atoms with Crippen LogP contribution in [-0.2, 0) is 7.05 Å². The summed E-state index contributed by atoms with van der Waals surface area (Å²) in [5.41, 5.74) is 5.14. The highest BCUT2D eigenvalue weighted by Gasteiger charge is 2.10. The van der Waals surface area contributed by atoms with Gasteiger partial charge in [-0.05, 0) is 36.4 Å². The number of amides is 1. The molecule has 0 fully saturated rings. The van der Waals surface area contributed by atoms with Gasteiger partial charge in [0.1, 0.15) is 11.4 Å². The van der Waals surface area contributed by atoms with E-state index in [1.807, 2.05) is 0 Å². The Hall–Kier alpha value is -2.63. The number of benzene rings is 1. The minimum absolute atomic E-state index is 0.0274. The van der Waals surface area contributed by atoms with Crippen LogP contribution in [0.2, 0.25) is 0 Å². The first kappa shape index (κ1) is 12.8. The predicted octanol–water partition coefficient (Wildman–Crippen LogP) is 1.28. The first-order chi connectivity index (χ1) is 9.08. The molecule has 2 aromatic rings. The molecule has 98 valence electrons. The van der Waals surface area contributed by atoms with Crippen LogP contribution in [0, 0.1) is 5.82 Å². The highest BCUT2D eigenvalue weighted by Crippen LogP contribution is 2.06. The van der Waals surface area contributed by atoms with Crippen LogP contribution in [0.1, 0.15) is 10.4 Å². The third-order valence-electron chi connectivity index (χ3n) is 2.53. The van der Waals surface area contributed by atoms with Crippen molar-refractivity contribution in [2.24, 2.45) is 7.05 Å². The van der Waals surface area contributed by atoms with Crippen LogP contribution in [0.25, 0.3) is 0 Å². The number of rotatable bonds is 3. The van der Waals surface area contributed by atoms with Gasteiger partial charge >= 0.3 is 0 Å². The molecule has 6 heteroatoms. The van der Waals surface area contributed by atoms with Crippen molar-refractivity contribution in [1.29, 1.82) is 0 Å². The Morgan fingerprint density at radius 1 is 1.21 bits per heavy atom. The summed E-state index contributed by atoms with van der Waals surface area (Å²) in [5, 5.41) is 0. The average molecular weight is 261 g/mol. The Balaban J connectivity index is 2.07. The van der Waals surface area contributed by atoms with Crippen molar-refractivity contribution in [2.75, 3.05) is 5.43 Å². The lowest BCUT2D eigenvalue weighted by Gasteiger charge is -2.08. The van der Waals surface area contributed by atoms with Crippen LogP contribution in [0.5, 0.6) is 0 Å². The van der Waals surface area contributed by atoms with Gasteiger partial charge in [0.25, 0.3) is 11.5 Å². The number of carbonyl (C=O) groups excluding carboxylic acids is 1. The monoisotopic (exact) mass is 261 g/mol. The minimum atomic E-state index is -0.550. The molecular formula is C13H12FN3O2. The molecule has 0 atom stereocenters. The van der Waals surface area contributed by atoms with Crippen LogP contribution >= 0.6 is 0 Å². The fraction of sp³-hybridized carbons (Fsp3) is 0.0769. The normalized spacial score (nSPS) is 10.0. The molecule has 0 aliphatic carbocycles. The van der Waals surface area contributed by atoms with E-state index in [2.05, 4.69) is 10.9 Å². The van der Waals surface area contributed by atoms with Crippen LogP contribution in [0.3, 0.4) is 0 Å². The van der Waals surface area contributed by atoms with E-state index in [0.717, 1.165) is 0 Å². The lowest BCUT2D eigenvalue weighted by Crippen LogP contribution is -2.35. The molecule has 0 spiro atoms. The van der Waals surface area contributed by atoms with E-state index in [-0.39, 0.29) is 16.9 Å². The smallest absolute Gasteiger partial charge is 0.275 e. The molecule has 0 radical (unpaired) electrons. The number of hydrogen-bond acceptors (Lipinski definition) is 3. The maximum absolute atomic E-state index is 12.7. The number of hydrazine groups is 1. The molecule has 5 nitrogen and oxygen atoms in total. The average Bonchev–Trinajstić information content (AvgIpc) is 2.41. The van der Waals surface area contributed by atoms with E-state index in [9.17, 15) is 14.0 Å². The van der Waals surface area contributed by atoms with Crippen LogP contribution in [0.4, 0.5) is 10.1 Å². The number of aryl methyl sites for hydroxylation is 1. The third kappa shape index (κ3) is 2.98. The quantitative estimate of drug-likeness (QED) is 0.818. The molecule has 1 aromatic carbocycles. The number of hydrogen-bond donors (Lipinski definition) is 2.